The van der Waals surface area contributed by atoms with Gasteiger partial charge in [0.05, 0.1) is 0 Å². The highest BCUT2D eigenvalue weighted by Crippen LogP contribution is 2.19. The smallest absolute Gasteiger partial charge is 0.131 e. The predicted molar refractivity (Wildman–Crippen MR) is 86.2 cm³/mol. The van der Waals surface area contributed by atoms with Crippen LogP contribution in [0.4, 0.5) is 0 Å². The molecule has 3 heteroatoms. The van der Waals surface area contributed by atoms with Crippen LogP contribution in [0.15, 0.2) is 0 Å². The van der Waals surface area contributed by atoms with E-state index in [1.165, 1.54) is 5.56 Å². The molecule has 0 spiro atoms. The number of rotatable bonds is 8. The van der Waals surface area contributed by atoms with Gasteiger partial charge in [-0.2, -0.15) is 0 Å². The summed E-state index contributed by atoms with van der Waals surface area (Å²) in [6, 6.07) is 0. The highest BCUT2D eigenvalue weighted by atomic mass is 14.9. The molecular weight excluding hydrogens is 246 g/mol. The van der Waals surface area contributed by atoms with E-state index in [0.717, 1.165) is 55.5 Å². The lowest BCUT2D eigenvalue weighted by Gasteiger charge is -2.14. The minimum Gasteiger partial charge on any atom is -0.316 e. The highest BCUT2D eigenvalue weighted by molar-refractivity contribution is 5.25. The quantitative estimate of drug-likeness (QED) is 0.735. The summed E-state index contributed by atoms with van der Waals surface area (Å²) in [5.41, 5.74) is 3.66. The van der Waals surface area contributed by atoms with Crippen LogP contribution in [0.5, 0.6) is 0 Å². The molecule has 114 valence electrons. The Kier molecular flexibility index (Phi) is 7.14. The van der Waals surface area contributed by atoms with Gasteiger partial charge in [0.15, 0.2) is 0 Å². The average molecular weight is 277 g/mol. The number of aromatic nitrogens is 2. The van der Waals surface area contributed by atoms with Crippen LogP contribution in [0.1, 0.15) is 69.2 Å². The molecule has 0 saturated carbocycles. The molecule has 20 heavy (non-hydrogen) atoms. The Bertz CT molecular complexity index is 390. The molecule has 1 heterocycles. The first-order valence-corrected chi connectivity index (χ1v) is 8.00. The fraction of sp³-hybridized carbons (Fsp3) is 0.765. The first-order valence-electron chi connectivity index (χ1n) is 8.00. The molecule has 1 atom stereocenters. The van der Waals surface area contributed by atoms with Crippen molar-refractivity contribution >= 4 is 0 Å². The van der Waals surface area contributed by atoms with Crippen LogP contribution in [-0.4, -0.2) is 23.1 Å². The summed E-state index contributed by atoms with van der Waals surface area (Å²) in [5, 5.41) is 3.49. The van der Waals surface area contributed by atoms with E-state index in [9.17, 15) is 0 Å². The fourth-order valence-electron chi connectivity index (χ4n) is 2.31. The van der Waals surface area contributed by atoms with Crippen LogP contribution in [0.3, 0.4) is 0 Å². The minimum absolute atomic E-state index is 0.453. The molecule has 0 aromatic carbocycles. The third-order valence-electron chi connectivity index (χ3n) is 3.82. The number of hydrogen-bond acceptors (Lipinski definition) is 3. The van der Waals surface area contributed by atoms with Crippen LogP contribution >= 0.6 is 0 Å². The van der Waals surface area contributed by atoms with Crippen molar-refractivity contribution in [3.05, 3.63) is 22.8 Å². The monoisotopic (exact) mass is 277 g/mol. The van der Waals surface area contributed by atoms with Crippen LogP contribution in [0.2, 0.25) is 0 Å². The van der Waals surface area contributed by atoms with Crippen molar-refractivity contribution in [2.45, 2.75) is 66.7 Å². The zero-order valence-electron chi connectivity index (χ0n) is 14.1. The first kappa shape index (κ1) is 17.1. The molecule has 0 fully saturated rings. The van der Waals surface area contributed by atoms with Gasteiger partial charge in [0.2, 0.25) is 0 Å². The van der Waals surface area contributed by atoms with Crippen molar-refractivity contribution in [2.75, 3.05) is 13.1 Å². The fourth-order valence-corrected chi connectivity index (χ4v) is 2.31. The van der Waals surface area contributed by atoms with E-state index in [4.69, 9.17) is 9.97 Å². The van der Waals surface area contributed by atoms with Gasteiger partial charge < -0.3 is 5.32 Å². The average Bonchev–Trinajstić information content (AvgIpc) is 2.39. The van der Waals surface area contributed by atoms with Crippen LogP contribution < -0.4 is 5.32 Å². The molecule has 0 aliphatic heterocycles. The maximum Gasteiger partial charge on any atom is 0.131 e. The zero-order valence-corrected chi connectivity index (χ0v) is 14.1. The van der Waals surface area contributed by atoms with Gasteiger partial charge in [0, 0.05) is 17.3 Å². The van der Waals surface area contributed by atoms with Gasteiger partial charge in [-0.3, -0.25) is 0 Å². The minimum atomic E-state index is 0.453. The van der Waals surface area contributed by atoms with Gasteiger partial charge in [-0.25, -0.2) is 9.97 Å². The second-order valence-corrected chi connectivity index (χ2v) is 6.24. The van der Waals surface area contributed by atoms with Gasteiger partial charge in [0.1, 0.15) is 5.82 Å². The Hall–Kier alpha value is -0.960. The van der Waals surface area contributed by atoms with E-state index in [2.05, 4.69) is 46.9 Å². The lowest BCUT2D eigenvalue weighted by molar-refractivity contribution is 0.542. The van der Waals surface area contributed by atoms with Crippen molar-refractivity contribution < 1.29 is 0 Å². The number of nitrogens with zero attached hydrogens (tertiary/aromatic N) is 2. The second kappa shape index (κ2) is 8.35. The molecular formula is C17H31N3. The van der Waals surface area contributed by atoms with E-state index in [1.54, 1.807) is 0 Å². The molecule has 0 aliphatic carbocycles. The second-order valence-electron chi connectivity index (χ2n) is 6.24. The van der Waals surface area contributed by atoms with Crippen molar-refractivity contribution in [3.63, 3.8) is 0 Å². The summed E-state index contributed by atoms with van der Waals surface area (Å²) in [4.78, 5) is 9.40. The summed E-state index contributed by atoms with van der Waals surface area (Å²) in [6.07, 6.45) is 3.32. The standard InChI is InChI=1S/C17H31N3/c1-7-13(4)17-19-14(5)16(15(6)20-17)9-8-10-18-11-12(2)3/h12-13,18H,7-11H2,1-6H3. The van der Waals surface area contributed by atoms with Gasteiger partial charge in [-0.1, -0.05) is 27.7 Å². The van der Waals surface area contributed by atoms with Crippen molar-refractivity contribution in [1.82, 2.24) is 15.3 Å². The topological polar surface area (TPSA) is 37.8 Å². The largest absolute Gasteiger partial charge is 0.316 e. The van der Waals surface area contributed by atoms with E-state index < -0.39 is 0 Å². The molecule has 0 radical (unpaired) electrons. The van der Waals surface area contributed by atoms with Gasteiger partial charge in [0.25, 0.3) is 0 Å². The van der Waals surface area contributed by atoms with E-state index in [-0.39, 0.29) is 0 Å². The molecule has 0 bridgehead atoms. The van der Waals surface area contributed by atoms with Gasteiger partial charge in [-0.05, 0) is 57.7 Å². The third kappa shape index (κ3) is 5.20. The van der Waals surface area contributed by atoms with Crippen LogP contribution in [0.25, 0.3) is 0 Å². The normalized spacial score (nSPS) is 12.9. The molecule has 1 unspecified atom stereocenters. The van der Waals surface area contributed by atoms with Crippen LogP contribution in [-0.2, 0) is 6.42 Å². The summed E-state index contributed by atoms with van der Waals surface area (Å²) >= 11 is 0. The van der Waals surface area contributed by atoms with Crippen molar-refractivity contribution in [1.29, 1.82) is 0 Å². The van der Waals surface area contributed by atoms with Gasteiger partial charge in [-0.15, -0.1) is 0 Å². The lowest BCUT2D eigenvalue weighted by Crippen LogP contribution is -2.21. The lowest BCUT2D eigenvalue weighted by atomic mass is 10.0. The predicted octanol–water partition coefficient (Wildman–Crippen LogP) is 3.79. The summed E-state index contributed by atoms with van der Waals surface area (Å²) < 4.78 is 0. The molecule has 1 N–H and O–H groups in total. The van der Waals surface area contributed by atoms with Crippen LogP contribution in [0, 0.1) is 19.8 Å². The van der Waals surface area contributed by atoms with E-state index in [0.29, 0.717) is 5.92 Å². The molecule has 1 rings (SSSR count). The molecule has 0 aliphatic rings. The third-order valence-corrected chi connectivity index (χ3v) is 3.82. The maximum absolute atomic E-state index is 4.70. The Morgan fingerprint density at radius 2 is 1.65 bits per heavy atom. The van der Waals surface area contributed by atoms with Crippen molar-refractivity contribution in [3.8, 4) is 0 Å². The summed E-state index contributed by atoms with van der Waals surface area (Å²) in [6.45, 7) is 15.3. The summed E-state index contributed by atoms with van der Waals surface area (Å²) in [5.74, 6) is 2.18. The van der Waals surface area contributed by atoms with Gasteiger partial charge >= 0.3 is 0 Å². The van der Waals surface area contributed by atoms with E-state index >= 15 is 0 Å². The molecule has 3 nitrogen and oxygen atoms in total. The molecule has 0 saturated heterocycles. The Labute approximate surface area is 124 Å². The number of nitrogens with one attached hydrogen (secondary N) is 1. The van der Waals surface area contributed by atoms with Crippen molar-refractivity contribution in [2.24, 2.45) is 5.92 Å². The Balaban J connectivity index is 2.58. The Morgan fingerprint density at radius 3 is 2.15 bits per heavy atom. The SMILES string of the molecule is CCC(C)c1nc(C)c(CCCNCC(C)C)c(C)n1. The summed E-state index contributed by atoms with van der Waals surface area (Å²) in [7, 11) is 0. The van der Waals surface area contributed by atoms with E-state index in [1.807, 2.05) is 0 Å². The molecule has 1 aromatic rings. The maximum atomic E-state index is 4.70. The highest BCUT2D eigenvalue weighted by Gasteiger charge is 2.12. The molecule has 0 amide bonds. The Morgan fingerprint density at radius 1 is 1.05 bits per heavy atom. The molecule has 1 aromatic heterocycles. The first-order chi connectivity index (χ1) is 9.45. The zero-order chi connectivity index (χ0) is 15.1. The number of hydrogen-bond donors (Lipinski definition) is 1. The number of aryl methyl sites for hydroxylation is 2.